The number of morpholine rings is 2. The molecular formula is C11H22N2O2. The minimum absolute atomic E-state index is 0.574. The molecule has 3 rings (SSSR count). The molecule has 4 heteroatoms. The fourth-order valence-corrected chi connectivity index (χ4v) is 2.25. The van der Waals surface area contributed by atoms with E-state index in [1.165, 1.54) is 6.42 Å². The van der Waals surface area contributed by atoms with Gasteiger partial charge in [-0.2, -0.15) is 0 Å². The molecule has 2 bridgehead atoms. The summed E-state index contributed by atoms with van der Waals surface area (Å²) >= 11 is 0. The second-order valence-corrected chi connectivity index (χ2v) is 4.70. The highest BCUT2D eigenvalue weighted by atomic mass is 16.5. The summed E-state index contributed by atoms with van der Waals surface area (Å²) in [6, 6.07) is 0.750. The quantitative estimate of drug-likeness (QED) is 0.568. The van der Waals surface area contributed by atoms with Crippen molar-refractivity contribution in [2.45, 2.75) is 18.6 Å². The zero-order valence-corrected chi connectivity index (χ0v) is 9.82. The molecule has 0 amide bonds. The molecule has 3 heterocycles. The molecule has 4 nitrogen and oxygen atoms in total. The van der Waals surface area contributed by atoms with Crippen LogP contribution in [0.5, 0.6) is 0 Å². The first kappa shape index (κ1) is 11.3. The lowest BCUT2D eigenvalue weighted by molar-refractivity contribution is 0.0416. The van der Waals surface area contributed by atoms with E-state index in [0.717, 1.165) is 45.5 Å². The molecule has 88 valence electrons. The van der Waals surface area contributed by atoms with Crippen molar-refractivity contribution < 1.29 is 9.47 Å². The maximum atomic E-state index is 5.38. The van der Waals surface area contributed by atoms with Gasteiger partial charge in [-0.1, -0.05) is 0 Å². The van der Waals surface area contributed by atoms with E-state index in [0.29, 0.717) is 6.10 Å². The van der Waals surface area contributed by atoms with Gasteiger partial charge in [0.15, 0.2) is 0 Å². The second kappa shape index (κ2) is 5.25. The Hall–Kier alpha value is -0.160. The molecule has 0 saturated carbocycles. The topological polar surface area (TPSA) is 24.9 Å². The van der Waals surface area contributed by atoms with Gasteiger partial charge < -0.3 is 14.4 Å². The van der Waals surface area contributed by atoms with Crippen LogP contribution < -0.4 is 0 Å². The highest BCUT2D eigenvalue weighted by molar-refractivity contribution is 4.89. The first-order valence-electron chi connectivity index (χ1n) is 5.84. The Kier molecular flexibility index (Phi) is 3.97. The fraction of sp³-hybridized carbons (Fsp3) is 1.00. The Morgan fingerprint density at radius 3 is 2.13 bits per heavy atom. The van der Waals surface area contributed by atoms with Crippen LogP contribution in [0.1, 0.15) is 6.42 Å². The third-order valence-electron chi connectivity index (χ3n) is 3.41. The summed E-state index contributed by atoms with van der Waals surface area (Å²) in [5, 5.41) is 0. The van der Waals surface area contributed by atoms with Crippen LogP contribution in [0.3, 0.4) is 0 Å². The Morgan fingerprint density at radius 1 is 1.13 bits per heavy atom. The van der Waals surface area contributed by atoms with Gasteiger partial charge in [0, 0.05) is 25.7 Å². The van der Waals surface area contributed by atoms with Gasteiger partial charge in [0.2, 0.25) is 0 Å². The second-order valence-electron chi connectivity index (χ2n) is 4.70. The van der Waals surface area contributed by atoms with Crippen LogP contribution in [-0.2, 0) is 9.47 Å². The third kappa shape index (κ3) is 3.14. The van der Waals surface area contributed by atoms with Gasteiger partial charge in [-0.15, -0.1) is 0 Å². The lowest BCUT2D eigenvalue weighted by Crippen LogP contribution is -2.33. The summed E-state index contributed by atoms with van der Waals surface area (Å²) in [6.45, 7) is 6.15. The minimum Gasteiger partial charge on any atom is -0.379 e. The lowest BCUT2D eigenvalue weighted by atomic mass is 10.2. The van der Waals surface area contributed by atoms with Crippen molar-refractivity contribution in [3.05, 3.63) is 0 Å². The molecule has 0 aliphatic carbocycles. The van der Waals surface area contributed by atoms with E-state index in [1.54, 1.807) is 0 Å². The zero-order chi connectivity index (χ0) is 10.7. The van der Waals surface area contributed by atoms with Gasteiger partial charge >= 0.3 is 0 Å². The number of likely N-dealkylation sites (tertiary alicyclic amines) is 1. The summed E-state index contributed by atoms with van der Waals surface area (Å²) in [7, 11) is 4.29. The standard InChI is InChI=1S/C6H11NO.C5H11NO/c1-7-3-6-2-5(7)4-8-6;1-6-2-4-7-5-3-6/h5-6H,2-4H2,1H3;2-5H2,1H3. The van der Waals surface area contributed by atoms with Gasteiger partial charge in [-0.3, -0.25) is 4.90 Å². The smallest absolute Gasteiger partial charge is 0.0718 e. The van der Waals surface area contributed by atoms with E-state index in [9.17, 15) is 0 Å². The van der Waals surface area contributed by atoms with Crippen LogP contribution in [0, 0.1) is 0 Å². The van der Waals surface area contributed by atoms with Crippen molar-refractivity contribution in [1.82, 2.24) is 9.80 Å². The molecule has 2 atom stereocenters. The van der Waals surface area contributed by atoms with Gasteiger partial charge in [-0.05, 0) is 20.5 Å². The normalized spacial score (nSPS) is 36.4. The predicted octanol–water partition coefficient (Wildman–Crippen LogP) is 0.0377. The van der Waals surface area contributed by atoms with Crippen LogP contribution in [-0.4, -0.2) is 75.5 Å². The van der Waals surface area contributed by atoms with Crippen molar-refractivity contribution in [2.75, 3.05) is 53.6 Å². The van der Waals surface area contributed by atoms with Crippen molar-refractivity contribution in [1.29, 1.82) is 0 Å². The number of likely N-dealkylation sites (N-methyl/N-ethyl adjacent to an activating group) is 2. The number of hydrogen-bond acceptors (Lipinski definition) is 4. The van der Waals surface area contributed by atoms with E-state index < -0.39 is 0 Å². The zero-order valence-electron chi connectivity index (χ0n) is 9.82. The molecule has 0 aromatic carbocycles. The maximum absolute atomic E-state index is 5.38. The maximum Gasteiger partial charge on any atom is 0.0718 e. The number of hydrogen-bond donors (Lipinski definition) is 0. The van der Waals surface area contributed by atoms with Crippen LogP contribution >= 0.6 is 0 Å². The van der Waals surface area contributed by atoms with Gasteiger partial charge in [-0.25, -0.2) is 0 Å². The molecule has 0 N–H and O–H groups in total. The molecule has 0 aromatic rings. The molecule has 3 aliphatic rings. The lowest BCUT2D eigenvalue weighted by Gasteiger charge is -2.21. The Bertz CT molecular complexity index is 193. The van der Waals surface area contributed by atoms with Crippen molar-refractivity contribution in [3.63, 3.8) is 0 Å². The molecule has 3 fully saturated rings. The first-order valence-corrected chi connectivity index (χ1v) is 5.84. The number of fused-ring (bicyclic) bond motifs is 2. The molecule has 2 unspecified atom stereocenters. The third-order valence-corrected chi connectivity index (χ3v) is 3.41. The minimum atomic E-state index is 0.574. The Balaban J connectivity index is 0.000000115. The summed E-state index contributed by atoms with van der Waals surface area (Å²) in [5.41, 5.74) is 0. The van der Waals surface area contributed by atoms with Gasteiger partial charge in [0.1, 0.15) is 0 Å². The van der Waals surface area contributed by atoms with Gasteiger partial charge in [0.05, 0.1) is 25.9 Å². The largest absolute Gasteiger partial charge is 0.379 e. The highest BCUT2D eigenvalue weighted by Gasteiger charge is 2.36. The molecule has 3 aliphatic heterocycles. The van der Waals surface area contributed by atoms with Crippen LogP contribution in [0.2, 0.25) is 0 Å². The SMILES string of the molecule is CN1CC2CC1CO2.CN1CCOCC1. The highest BCUT2D eigenvalue weighted by Crippen LogP contribution is 2.25. The summed E-state index contributed by atoms with van der Waals surface area (Å²) in [6.07, 6.45) is 1.85. The summed E-state index contributed by atoms with van der Waals surface area (Å²) in [4.78, 5) is 4.65. The van der Waals surface area contributed by atoms with Crippen molar-refractivity contribution in [2.24, 2.45) is 0 Å². The molecular weight excluding hydrogens is 192 g/mol. The average Bonchev–Trinajstić information content (AvgIpc) is 2.81. The average molecular weight is 214 g/mol. The van der Waals surface area contributed by atoms with Crippen molar-refractivity contribution >= 4 is 0 Å². The Labute approximate surface area is 92.1 Å². The van der Waals surface area contributed by atoms with E-state index in [2.05, 4.69) is 23.9 Å². The van der Waals surface area contributed by atoms with Gasteiger partial charge in [0.25, 0.3) is 0 Å². The fourth-order valence-electron chi connectivity index (χ4n) is 2.25. The van der Waals surface area contributed by atoms with Crippen LogP contribution in [0.15, 0.2) is 0 Å². The van der Waals surface area contributed by atoms with E-state index in [1.807, 2.05) is 0 Å². The summed E-state index contributed by atoms with van der Waals surface area (Å²) < 4.78 is 10.5. The van der Waals surface area contributed by atoms with Crippen molar-refractivity contribution in [3.8, 4) is 0 Å². The molecule has 0 spiro atoms. The predicted molar refractivity (Wildman–Crippen MR) is 59.1 cm³/mol. The van der Waals surface area contributed by atoms with E-state index in [4.69, 9.17) is 9.47 Å². The molecule has 0 radical (unpaired) electrons. The Morgan fingerprint density at radius 2 is 1.87 bits per heavy atom. The number of nitrogens with zero attached hydrogens (tertiary/aromatic N) is 2. The van der Waals surface area contributed by atoms with Crippen LogP contribution in [0.25, 0.3) is 0 Å². The number of ether oxygens (including phenoxy) is 2. The molecule has 0 aromatic heterocycles. The summed E-state index contributed by atoms with van der Waals surface area (Å²) in [5.74, 6) is 0. The van der Waals surface area contributed by atoms with E-state index in [-0.39, 0.29) is 0 Å². The van der Waals surface area contributed by atoms with E-state index >= 15 is 0 Å². The molecule has 3 saturated heterocycles. The molecule has 15 heavy (non-hydrogen) atoms. The van der Waals surface area contributed by atoms with Crippen LogP contribution in [0.4, 0.5) is 0 Å². The monoisotopic (exact) mass is 214 g/mol. The first-order chi connectivity index (χ1) is 7.25. The number of rotatable bonds is 0.